The van der Waals surface area contributed by atoms with Gasteiger partial charge in [-0.3, -0.25) is 5.32 Å². The van der Waals surface area contributed by atoms with Crippen LogP contribution in [0.5, 0.6) is 11.5 Å². The van der Waals surface area contributed by atoms with Crippen molar-refractivity contribution in [3.05, 3.63) is 64.6 Å². The van der Waals surface area contributed by atoms with Crippen LogP contribution in [0.1, 0.15) is 26.3 Å². The molecule has 152 valence electrons. The predicted octanol–water partition coefficient (Wildman–Crippen LogP) is 6.54. The van der Waals surface area contributed by atoms with Crippen LogP contribution in [0.4, 0.5) is 10.5 Å². The number of hydrogen-bond acceptors (Lipinski definition) is 4. The lowest BCUT2D eigenvalue weighted by Crippen LogP contribution is -2.27. The average Bonchev–Trinajstić information content (AvgIpc) is 2.68. The van der Waals surface area contributed by atoms with Crippen LogP contribution in [0.25, 0.3) is 10.8 Å². The van der Waals surface area contributed by atoms with Crippen LogP contribution in [0.15, 0.2) is 59.1 Å². The number of hydrogen-bond donors (Lipinski definition) is 1. The fraction of sp³-hybridized carbons (Fsp3) is 0.261. The van der Waals surface area contributed by atoms with Crippen LogP contribution in [-0.2, 0) is 11.3 Å². The van der Waals surface area contributed by atoms with Crippen molar-refractivity contribution in [2.24, 2.45) is 0 Å². The van der Waals surface area contributed by atoms with Crippen molar-refractivity contribution >= 4 is 38.5 Å². The quantitative estimate of drug-likeness (QED) is 0.472. The van der Waals surface area contributed by atoms with Gasteiger partial charge in [-0.05, 0) is 60.5 Å². The number of carbonyl (C=O) groups is 1. The molecular weight excluding hydrogens is 434 g/mol. The number of ether oxygens (including phenoxy) is 3. The number of nitrogens with one attached hydrogen (secondary N) is 1. The van der Waals surface area contributed by atoms with Crippen LogP contribution in [0, 0.1) is 0 Å². The molecule has 0 unspecified atom stereocenters. The molecule has 0 atom stereocenters. The molecule has 3 rings (SSSR count). The first-order valence-electron chi connectivity index (χ1n) is 9.24. The monoisotopic (exact) mass is 457 g/mol. The Hall–Kier alpha value is -2.73. The van der Waals surface area contributed by atoms with E-state index in [1.54, 1.807) is 13.2 Å². The molecule has 5 nitrogen and oxygen atoms in total. The molecule has 0 aromatic heterocycles. The van der Waals surface area contributed by atoms with Crippen molar-refractivity contribution in [3.63, 3.8) is 0 Å². The van der Waals surface area contributed by atoms with Crippen molar-refractivity contribution in [2.75, 3.05) is 12.4 Å². The van der Waals surface area contributed by atoms with E-state index in [-0.39, 0.29) is 0 Å². The number of methoxy groups -OCH3 is 1. The van der Waals surface area contributed by atoms with Crippen LogP contribution in [0.2, 0.25) is 0 Å². The molecule has 0 spiro atoms. The number of carbonyl (C=O) groups excluding carboxylic acids is 1. The van der Waals surface area contributed by atoms with Gasteiger partial charge in [0.1, 0.15) is 23.7 Å². The molecule has 0 heterocycles. The lowest BCUT2D eigenvalue weighted by atomic mass is 10.1. The first kappa shape index (κ1) is 21.0. The Kier molecular flexibility index (Phi) is 6.33. The predicted molar refractivity (Wildman–Crippen MR) is 119 cm³/mol. The van der Waals surface area contributed by atoms with Crippen molar-refractivity contribution in [1.82, 2.24) is 0 Å². The van der Waals surface area contributed by atoms with Crippen molar-refractivity contribution < 1.29 is 19.0 Å². The second kappa shape index (κ2) is 8.74. The second-order valence-corrected chi connectivity index (χ2v) is 8.34. The molecule has 0 radical (unpaired) electrons. The summed E-state index contributed by atoms with van der Waals surface area (Å²) in [5.74, 6) is 1.36. The molecule has 0 saturated heterocycles. The topological polar surface area (TPSA) is 56.8 Å². The fourth-order valence-corrected chi connectivity index (χ4v) is 3.36. The van der Waals surface area contributed by atoms with E-state index in [2.05, 4.69) is 21.2 Å². The van der Waals surface area contributed by atoms with Gasteiger partial charge < -0.3 is 14.2 Å². The Morgan fingerprint density at radius 1 is 1.03 bits per heavy atom. The van der Waals surface area contributed by atoms with Crippen molar-refractivity contribution in [3.8, 4) is 11.5 Å². The zero-order valence-corrected chi connectivity index (χ0v) is 18.5. The minimum atomic E-state index is -0.594. The molecule has 6 heteroatoms. The van der Waals surface area contributed by atoms with Gasteiger partial charge in [-0.2, -0.15) is 0 Å². The van der Waals surface area contributed by atoms with Gasteiger partial charge in [0.25, 0.3) is 0 Å². The van der Waals surface area contributed by atoms with Gasteiger partial charge in [-0.1, -0.05) is 30.3 Å². The molecule has 1 amide bonds. The van der Waals surface area contributed by atoms with Crippen molar-refractivity contribution in [1.29, 1.82) is 0 Å². The van der Waals surface area contributed by atoms with E-state index in [1.165, 1.54) is 0 Å². The van der Waals surface area contributed by atoms with Crippen LogP contribution in [0.3, 0.4) is 0 Å². The Bertz CT molecular complexity index is 1010. The van der Waals surface area contributed by atoms with E-state index in [1.807, 2.05) is 69.3 Å². The second-order valence-electron chi connectivity index (χ2n) is 7.55. The van der Waals surface area contributed by atoms with Gasteiger partial charge in [0, 0.05) is 21.3 Å². The highest BCUT2D eigenvalue weighted by Crippen LogP contribution is 2.40. The first-order chi connectivity index (χ1) is 13.8. The van der Waals surface area contributed by atoms with E-state index >= 15 is 0 Å². The third-order valence-electron chi connectivity index (χ3n) is 4.11. The molecule has 0 aliphatic carbocycles. The molecule has 0 fully saturated rings. The van der Waals surface area contributed by atoms with Gasteiger partial charge in [-0.15, -0.1) is 0 Å². The summed E-state index contributed by atoms with van der Waals surface area (Å²) in [6.45, 7) is 5.87. The number of anilines is 1. The maximum absolute atomic E-state index is 12.3. The average molecular weight is 458 g/mol. The normalized spacial score (nSPS) is 11.2. The highest BCUT2D eigenvalue weighted by molar-refractivity contribution is 9.10. The SMILES string of the molecule is COc1ccc2c(OCc3ccccc3)cc(NC(=O)OC(C)(C)C)c(Br)c2c1. The highest BCUT2D eigenvalue weighted by Gasteiger charge is 2.19. The summed E-state index contributed by atoms with van der Waals surface area (Å²) < 4.78 is 17.6. The number of halogens is 1. The largest absolute Gasteiger partial charge is 0.497 e. The summed E-state index contributed by atoms with van der Waals surface area (Å²) in [5.41, 5.74) is 1.02. The zero-order chi connectivity index (χ0) is 21.0. The standard InChI is InChI=1S/C23H24BrNO4/c1-23(2,3)29-22(26)25-19-13-20(28-14-15-8-6-5-7-9-15)17-11-10-16(27-4)12-18(17)21(19)24/h5-13H,14H2,1-4H3,(H,25,26). The number of fused-ring (bicyclic) bond motifs is 1. The van der Waals surface area contributed by atoms with Crippen LogP contribution < -0.4 is 14.8 Å². The summed E-state index contributed by atoms with van der Waals surface area (Å²) in [5, 5.41) is 4.57. The van der Waals surface area contributed by atoms with Crippen LogP contribution in [-0.4, -0.2) is 18.8 Å². The Morgan fingerprint density at radius 2 is 1.76 bits per heavy atom. The third kappa shape index (κ3) is 5.41. The van der Waals surface area contributed by atoms with E-state index in [0.29, 0.717) is 23.8 Å². The number of amides is 1. The van der Waals surface area contributed by atoms with Gasteiger partial charge in [0.15, 0.2) is 0 Å². The van der Waals surface area contributed by atoms with Gasteiger partial charge in [-0.25, -0.2) is 4.79 Å². The Labute approximate surface area is 179 Å². The first-order valence-corrected chi connectivity index (χ1v) is 10.0. The molecular formula is C23H24BrNO4. The zero-order valence-electron chi connectivity index (χ0n) is 16.9. The summed E-state index contributed by atoms with van der Waals surface area (Å²) in [7, 11) is 1.62. The van der Waals surface area contributed by atoms with Gasteiger partial charge in [0.2, 0.25) is 0 Å². The van der Waals surface area contributed by atoms with Crippen LogP contribution >= 0.6 is 15.9 Å². The minimum Gasteiger partial charge on any atom is -0.497 e. The molecule has 0 aliphatic rings. The summed E-state index contributed by atoms with van der Waals surface area (Å²) in [6.07, 6.45) is -0.533. The molecule has 29 heavy (non-hydrogen) atoms. The van der Waals surface area contributed by atoms with E-state index in [0.717, 1.165) is 20.8 Å². The molecule has 1 N–H and O–H groups in total. The minimum absolute atomic E-state index is 0.412. The Morgan fingerprint density at radius 3 is 2.41 bits per heavy atom. The number of benzene rings is 3. The Balaban J connectivity index is 1.99. The molecule has 0 saturated carbocycles. The molecule has 0 aliphatic heterocycles. The summed E-state index contributed by atoms with van der Waals surface area (Å²) in [6, 6.07) is 17.4. The molecule has 3 aromatic rings. The highest BCUT2D eigenvalue weighted by atomic mass is 79.9. The van der Waals surface area contributed by atoms with Gasteiger partial charge >= 0.3 is 6.09 Å². The van der Waals surface area contributed by atoms with E-state index in [9.17, 15) is 4.79 Å². The third-order valence-corrected chi connectivity index (χ3v) is 4.97. The lowest BCUT2D eigenvalue weighted by Gasteiger charge is -2.21. The van der Waals surface area contributed by atoms with E-state index < -0.39 is 11.7 Å². The maximum Gasteiger partial charge on any atom is 0.412 e. The lowest BCUT2D eigenvalue weighted by molar-refractivity contribution is 0.0636. The maximum atomic E-state index is 12.3. The van der Waals surface area contributed by atoms with E-state index in [4.69, 9.17) is 14.2 Å². The fourth-order valence-electron chi connectivity index (χ4n) is 2.82. The molecule has 3 aromatic carbocycles. The summed E-state index contributed by atoms with van der Waals surface area (Å²) >= 11 is 3.60. The number of rotatable bonds is 5. The molecule has 0 bridgehead atoms. The van der Waals surface area contributed by atoms with Gasteiger partial charge in [0.05, 0.1) is 12.8 Å². The smallest absolute Gasteiger partial charge is 0.412 e. The summed E-state index contributed by atoms with van der Waals surface area (Å²) in [4.78, 5) is 12.3. The van der Waals surface area contributed by atoms with Crippen molar-refractivity contribution in [2.45, 2.75) is 33.0 Å².